The van der Waals surface area contributed by atoms with E-state index in [0.29, 0.717) is 23.9 Å². The van der Waals surface area contributed by atoms with E-state index in [1.165, 1.54) is 24.8 Å². The number of rotatable bonds is 5. The Morgan fingerprint density at radius 3 is 2.22 bits per heavy atom. The zero-order valence-electron chi connectivity index (χ0n) is 11.2. The molecular weight excluding hydrogens is 248 g/mol. The zero-order valence-corrected chi connectivity index (χ0v) is 12.1. The van der Waals surface area contributed by atoms with Crippen molar-refractivity contribution in [2.45, 2.75) is 45.2 Å². The van der Waals surface area contributed by atoms with E-state index in [1.54, 1.807) is 0 Å². The van der Waals surface area contributed by atoms with E-state index >= 15 is 0 Å². The molecule has 0 amide bonds. The van der Waals surface area contributed by atoms with Crippen molar-refractivity contribution in [3.05, 3.63) is 0 Å². The van der Waals surface area contributed by atoms with Crippen LogP contribution in [0.2, 0.25) is 0 Å². The van der Waals surface area contributed by atoms with Crippen LogP contribution in [0.5, 0.6) is 0 Å². The summed E-state index contributed by atoms with van der Waals surface area (Å²) >= 11 is 1.47. The second-order valence-electron chi connectivity index (χ2n) is 5.41. The van der Waals surface area contributed by atoms with E-state index in [2.05, 4.69) is 51.1 Å². The molecule has 0 unspecified atom stereocenters. The first-order valence-corrected chi connectivity index (χ1v) is 7.28. The third-order valence-corrected chi connectivity index (χ3v) is 2.61. The number of hydrogen-bond acceptors (Lipinski definition) is 7. The van der Waals surface area contributed by atoms with Crippen molar-refractivity contribution >= 4 is 29.8 Å². The van der Waals surface area contributed by atoms with Crippen LogP contribution in [0.1, 0.15) is 33.6 Å². The van der Waals surface area contributed by atoms with Gasteiger partial charge in [0.25, 0.3) is 0 Å². The Morgan fingerprint density at radius 2 is 1.67 bits per heavy atom. The van der Waals surface area contributed by atoms with Crippen molar-refractivity contribution in [1.82, 2.24) is 15.0 Å². The van der Waals surface area contributed by atoms with Gasteiger partial charge in [-0.3, -0.25) is 4.72 Å². The largest absolute Gasteiger partial charge is 0.351 e. The van der Waals surface area contributed by atoms with Crippen LogP contribution in [0.4, 0.5) is 17.8 Å². The molecule has 0 aromatic carbocycles. The normalized spacial score (nSPS) is 15.3. The smallest absolute Gasteiger partial charge is 0.239 e. The molecule has 1 aromatic rings. The summed E-state index contributed by atoms with van der Waals surface area (Å²) in [6.07, 6.45) is 4.33. The number of nitrogens with zero attached hydrogens (tertiary/aromatic N) is 3. The topological polar surface area (TPSA) is 74.8 Å². The van der Waals surface area contributed by atoms with Crippen molar-refractivity contribution in [2.24, 2.45) is 0 Å². The summed E-state index contributed by atoms with van der Waals surface area (Å²) in [5.74, 6) is 1.81. The molecule has 1 aliphatic rings. The third-order valence-electron chi connectivity index (χ3n) is 2.23. The van der Waals surface area contributed by atoms with Gasteiger partial charge in [-0.15, -0.1) is 0 Å². The number of nitrogens with one attached hydrogen (secondary N) is 3. The molecule has 3 N–H and O–H groups in total. The van der Waals surface area contributed by atoms with Gasteiger partial charge in [-0.1, -0.05) is 11.9 Å². The van der Waals surface area contributed by atoms with Crippen LogP contribution in [-0.2, 0) is 0 Å². The molecule has 6 nitrogen and oxygen atoms in total. The standard InChI is InChI=1S/C11H20N6S/c1-11(2,3)16-9-13-8(12-7-5-6-7)14-10(15-9)17-18-4/h7H,5-6H2,1-4H3,(H3,12,13,14,15,16,17). The maximum atomic E-state index is 4.39. The molecule has 0 spiro atoms. The van der Waals surface area contributed by atoms with Gasteiger partial charge in [-0.2, -0.15) is 15.0 Å². The Hall–Kier alpha value is -1.24. The SMILES string of the molecule is CSNc1nc(NC2CC2)nc(NC(C)(C)C)n1. The predicted molar refractivity (Wildman–Crippen MR) is 77.0 cm³/mol. The molecule has 1 heterocycles. The summed E-state index contributed by atoms with van der Waals surface area (Å²) in [5.41, 5.74) is -0.0746. The van der Waals surface area contributed by atoms with Crippen LogP contribution in [-0.4, -0.2) is 32.8 Å². The van der Waals surface area contributed by atoms with Gasteiger partial charge < -0.3 is 10.6 Å². The molecule has 18 heavy (non-hydrogen) atoms. The average Bonchev–Trinajstić information content (AvgIpc) is 2.98. The van der Waals surface area contributed by atoms with Crippen LogP contribution >= 0.6 is 11.9 Å². The monoisotopic (exact) mass is 268 g/mol. The molecule has 7 heteroatoms. The zero-order chi connectivity index (χ0) is 13.2. The number of hydrogen-bond donors (Lipinski definition) is 3. The second-order valence-corrected chi connectivity index (χ2v) is 6.02. The summed E-state index contributed by atoms with van der Waals surface area (Å²) in [5, 5.41) is 6.55. The van der Waals surface area contributed by atoms with E-state index in [4.69, 9.17) is 0 Å². The summed E-state index contributed by atoms with van der Waals surface area (Å²) in [7, 11) is 0. The maximum absolute atomic E-state index is 4.39. The molecule has 100 valence electrons. The van der Waals surface area contributed by atoms with Gasteiger partial charge in [-0.25, -0.2) is 0 Å². The molecule has 0 saturated heterocycles. The van der Waals surface area contributed by atoms with Gasteiger partial charge in [-0.05, 0) is 33.6 Å². The molecule has 0 bridgehead atoms. The van der Waals surface area contributed by atoms with E-state index in [0.717, 1.165) is 0 Å². The predicted octanol–water partition coefficient (Wildman–Crippen LogP) is 2.35. The Kier molecular flexibility index (Phi) is 3.79. The van der Waals surface area contributed by atoms with E-state index in [1.807, 2.05) is 6.26 Å². The van der Waals surface area contributed by atoms with Gasteiger partial charge >= 0.3 is 0 Å². The van der Waals surface area contributed by atoms with Gasteiger partial charge in [0, 0.05) is 17.8 Å². The minimum Gasteiger partial charge on any atom is -0.351 e. The molecule has 1 aromatic heterocycles. The quantitative estimate of drug-likeness (QED) is 0.708. The summed E-state index contributed by atoms with van der Waals surface area (Å²) < 4.78 is 3.04. The fraction of sp³-hybridized carbons (Fsp3) is 0.727. The minimum absolute atomic E-state index is 0.0746. The second kappa shape index (κ2) is 5.17. The lowest BCUT2D eigenvalue weighted by atomic mass is 10.1. The molecule has 1 saturated carbocycles. The Morgan fingerprint density at radius 1 is 1.06 bits per heavy atom. The number of aromatic nitrogens is 3. The molecule has 2 rings (SSSR count). The maximum Gasteiger partial charge on any atom is 0.239 e. The third kappa shape index (κ3) is 4.21. The molecule has 0 atom stereocenters. The highest BCUT2D eigenvalue weighted by molar-refractivity contribution is 7.99. The highest BCUT2D eigenvalue weighted by Gasteiger charge is 2.23. The van der Waals surface area contributed by atoms with Crippen LogP contribution in [0, 0.1) is 0 Å². The van der Waals surface area contributed by atoms with E-state index < -0.39 is 0 Å². The molecular formula is C11H20N6S. The summed E-state index contributed by atoms with van der Waals surface area (Å²) in [4.78, 5) is 13.0. The summed E-state index contributed by atoms with van der Waals surface area (Å²) in [6, 6.07) is 0.525. The lowest BCUT2D eigenvalue weighted by molar-refractivity contribution is 0.625. The van der Waals surface area contributed by atoms with Crippen molar-refractivity contribution in [2.75, 3.05) is 21.6 Å². The Bertz CT molecular complexity index is 412. The molecule has 1 fully saturated rings. The minimum atomic E-state index is -0.0746. The van der Waals surface area contributed by atoms with E-state index in [9.17, 15) is 0 Å². The number of anilines is 3. The van der Waals surface area contributed by atoms with Gasteiger partial charge in [0.15, 0.2) is 0 Å². The lowest BCUT2D eigenvalue weighted by Crippen LogP contribution is -2.28. The van der Waals surface area contributed by atoms with Crippen molar-refractivity contribution in [1.29, 1.82) is 0 Å². The van der Waals surface area contributed by atoms with Crippen molar-refractivity contribution in [3.63, 3.8) is 0 Å². The fourth-order valence-corrected chi connectivity index (χ4v) is 1.65. The first-order valence-electron chi connectivity index (χ1n) is 6.06. The Labute approximate surface area is 112 Å². The summed E-state index contributed by atoms with van der Waals surface area (Å²) in [6.45, 7) is 6.23. The average molecular weight is 268 g/mol. The van der Waals surface area contributed by atoms with Crippen LogP contribution in [0.15, 0.2) is 0 Å². The van der Waals surface area contributed by atoms with Crippen LogP contribution in [0.25, 0.3) is 0 Å². The highest BCUT2D eigenvalue weighted by atomic mass is 32.2. The van der Waals surface area contributed by atoms with Crippen LogP contribution in [0.3, 0.4) is 0 Å². The van der Waals surface area contributed by atoms with Gasteiger partial charge in [0.05, 0.1) is 0 Å². The van der Waals surface area contributed by atoms with Crippen molar-refractivity contribution < 1.29 is 0 Å². The highest BCUT2D eigenvalue weighted by Crippen LogP contribution is 2.24. The lowest BCUT2D eigenvalue weighted by Gasteiger charge is -2.21. The van der Waals surface area contributed by atoms with E-state index in [-0.39, 0.29) is 5.54 Å². The van der Waals surface area contributed by atoms with Crippen molar-refractivity contribution in [3.8, 4) is 0 Å². The van der Waals surface area contributed by atoms with Gasteiger partial charge in [0.1, 0.15) is 0 Å². The Balaban J connectivity index is 2.17. The first kappa shape index (κ1) is 13.2. The first-order chi connectivity index (χ1) is 8.46. The fourth-order valence-electron chi connectivity index (χ4n) is 1.38. The van der Waals surface area contributed by atoms with Crippen LogP contribution < -0.4 is 15.4 Å². The van der Waals surface area contributed by atoms with Gasteiger partial charge in [0.2, 0.25) is 17.8 Å². The molecule has 0 radical (unpaired) electrons. The molecule has 1 aliphatic carbocycles. The molecule has 0 aliphatic heterocycles.